The third-order valence-electron chi connectivity index (χ3n) is 4.40. The summed E-state index contributed by atoms with van der Waals surface area (Å²) in [6.07, 6.45) is 5.97. The molecule has 0 bridgehead atoms. The smallest absolute Gasteiger partial charge is 0.119 e. The average molecular weight is 331 g/mol. The Bertz CT molecular complexity index is 562. The summed E-state index contributed by atoms with van der Waals surface area (Å²) >= 11 is 1.70. The molecule has 1 aromatic carbocycles. The van der Waals surface area contributed by atoms with E-state index in [1.54, 1.807) is 11.3 Å². The van der Waals surface area contributed by atoms with Gasteiger partial charge >= 0.3 is 0 Å². The zero-order chi connectivity index (χ0) is 15.9. The molecule has 1 aliphatic rings. The van der Waals surface area contributed by atoms with E-state index in [4.69, 9.17) is 4.74 Å². The Morgan fingerprint density at radius 3 is 2.57 bits per heavy atom. The van der Waals surface area contributed by atoms with E-state index < -0.39 is 6.10 Å². The van der Waals surface area contributed by atoms with Crippen molar-refractivity contribution < 1.29 is 9.84 Å². The Kier molecular flexibility index (Phi) is 6.08. The van der Waals surface area contributed by atoms with Crippen LogP contribution in [0.5, 0.6) is 5.75 Å². The van der Waals surface area contributed by atoms with Gasteiger partial charge in [0, 0.05) is 12.6 Å². The Morgan fingerprint density at radius 2 is 1.87 bits per heavy atom. The van der Waals surface area contributed by atoms with Crippen LogP contribution in [0.3, 0.4) is 0 Å². The van der Waals surface area contributed by atoms with Crippen LogP contribution in [-0.2, 0) is 0 Å². The van der Waals surface area contributed by atoms with Crippen molar-refractivity contribution in [2.75, 3.05) is 13.2 Å². The van der Waals surface area contributed by atoms with E-state index in [1.807, 2.05) is 12.1 Å². The van der Waals surface area contributed by atoms with Crippen molar-refractivity contribution in [1.29, 1.82) is 0 Å². The number of ether oxygens (including phenoxy) is 1. The third kappa shape index (κ3) is 5.06. The minimum absolute atomic E-state index is 0.331. The minimum atomic E-state index is -0.464. The largest absolute Gasteiger partial charge is 0.491 e. The summed E-state index contributed by atoms with van der Waals surface area (Å²) in [6.45, 7) is 0.940. The predicted molar refractivity (Wildman–Crippen MR) is 96.1 cm³/mol. The topological polar surface area (TPSA) is 41.5 Å². The molecule has 1 aliphatic carbocycles. The quantitative estimate of drug-likeness (QED) is 0.803. The van der Waals surface area contributed by atoms with Crippen LogP contribution in [0.25, 0.3) is 11.1 Å². The normalized spacial score (nSPS) is 17.1. The number of rotatable bonds is 7. The van der Waals surface area contributed by atoms with Crippen LogP contribution >= 0.6 is 11.3 Å². The van der Waals surface area contributed by atoms with Gasteiger partial charge in [0.25, 0.3) is 0 Å². The lowest BCUT2D eigenvalue weighted by molar-refractivity contribution is 0.102. The van der Waals surface area contributed by atoms with E-state index >= 15 is 0 Å². The molecule has 0 spiro atoms. The summed E-state index contributed by atoms with van der Waals surface area (Å²) in [7, 11) is 0. The molecule has 1 unspecified atom stereocenters. The number of nitrogens with one attached hydrogen (secondary N) is 1. The summed E-state index contributed by atoms with van der Waals surface area (Å²) < 4.78 is 5.69. The van der Waals surface area contributed by atoms with Gasteiger partial charge in [0.2, 0.25) is 0 Å². The maximum absolute atomic E-state index is 10.1. The number of hydrogen-bond acceptors (Lipinski definition) is 4. The SMILES string of the molecule is OC(CNC1CCCCC1)COc1ccc(-c2ccsc2)cc1. The first-order chi connectivity index (χ1) is 11.3. The van der Waals surface area contributed by atoms with Gasteiger partial charge < -0.3 is 15.2 Å². The maximum Gasteiger partial charge on any atom is 0.119 e. The van der Waals surface area contributed by atoms with Gasteiger partial charge in [-0.15, -0.1) is 0 Å². The lowest BCUT2D eigenvalue weighted by Gasteiger charge is -2.24. The van der Waals surface area contributed by atoms with E-state index in [-0.39, 0.29) is 0 Å². The maximum atomic E-state index is 10.1. The Balaban J connectivity index is 1.40. The van der Waals surface area contributed by atoms with Crippen LogP contribution in [0.2, 0.25) is 0 Å². The van der Waals surface area contributed by atoms with Crippen molar-refractivity contribution in [3.63, 3.8) is 0 Å². The Labute approximate surface area is 142 Å². The van der Waals surface area contributed by atoms with Gasteiger partial charge in [0.15, 0.2) is 0 Å². The van der Waals surface area contributed by atoms with Gasteiger partial charge in [-0.1, -0.05) is 31.4 Å². The van der Waals surface area contributed by atoms with Crippen LogP contribution in [0.15, 0.2) is 41.1 Å². The second-order valence-electron chi connectivity index (χ2n) is 6.24. The molecule has 2 aromatic rings. The molecule has 4 heteroatoms. The predicted octanol–water partition coefficient (Wildman–Crippen LogP) is 4.08. The molecule has 0 aliphatic heterocycles. The Morgan fingerprint density at radius 1 is 1.09 bits per heavy atom. The van der Waals surface area contributed by atoms with Gasteiger partial charge in [-0.25, -0.2) is 0 Å². The fourth-order valence-corrected chi connectivity index (χ4v) is 3.70. The van der Waals surface area contributed by atoms with Crippen molar-refractivity contribution >= 4 is 11.3 Å². The number of benzene rings is 1. The van der Waals surface area contributed by atoms with Crippen LogP contribution in [0, 0.1) is 0 Å². The van der Waals surface area contributed by atoms with Crippen molar-refractivity contribution in [2.24, 2.45) is 0 Å². The lowest BCUT2D eigenvalue weighted by atomic mass is 9.95. The monoisotopic (exact) mass is 331 g/mol. The highest BCUT2D eigenvalue weighted by atomic mass is 32.1. The van der Waals surface area contributed by atoms with E-state index in [9.17, 15) is 5.11 Å². The van der Waals surface area contributed by atoms with Gasteiger partial charge in [-0.3, -0.25) is 0 Å². The van der Waals surface area contributed by atoms with Gasteiger partial charge in [-0.05, 0) is 52.9 Å². The molecule has 3 nitrogen and oxygen atoms in total. The van der Waals surface area contributed by atoms with Crippen LogP contribution < -0.4 is 10.1 Å². The molecule has 1 atom stereocenters. The van der Waals surface area contributed by atoms with Crippen LogP contribution in [0.4, 0.5) is 0 Å². The molecule has 2 N–H and O–H groups in total. The second-order valence-corrected chi connectivity index (χ2v) is 7.02. The van der Waals surface area contributed by atoms with Crippen molar-refractivity contribution in [3.05, 3.63) is 41.1 Å². The van der Waals surface area contributed by atoms with Crippen LogP contribution in [0.1, 0.15) is 32.1 Å². The summed E-state index contributed by atoms with van der Waals surface area (Å²) in [5, 5.41) is 17.7. The Hall–Kier alpha value is -1.36. The van der Waals surface area contributed by atoms with E-state index in [2.05, 4.69) is 34.3 Å². The average Bonchev–Trinajstić information content (AvgIpc) is 3.14. The molecule has 0 amide bonds. The molecule has 0 radical (unpaired) electrons. The molecule has 1 aromatic heterocycles. The fourth-order valence-electron chi connectivity index (χ4n) is 3.03. The van der Waals surface area contributed by atoms with Crippen LogP contribution in [-0.4, -0.2) is 30.4 Å². The molecule has 1 fully saturated rings. The van der Waals surface area contributed by atoms with Gasteiger partial charge in [0.1, 0.15) is 18.5 Å². The molecule has 124 valence electrons. The first-order valence-corrected chi connectivity index (χ1v) is 9.42. The fraction of sp³-hybridized carbons (Fsp3) is 0.474. The summed E-state index contributed by atoms with van der Waals surface area (Å²) in [5.41, 5.74) is 2.43. The van der Waals surface area contributed by atoms with E-state index in [0.29, 0.717) is 19.2 Å². The summed E-state index contributed by atoms with van der Waals surface area (Å²) in [5.74, 6) is 0.806. The summed E-state index contributed by atoms with van der Waals surface area (Å²) in [4.78, 5) is 0. The lowest BCUT2D eigenvalue weighted by Crippen LogP contribution is -2.38. The van der Waals surface area contributed by atoms with Crippen molar-refractivity contribution in [1.82, 2.24) is 5.32 Å². The first kappa shape index (κ1) is 16.5. The van der Waals surface area contributed by atoms with Gasteiger partial charge in [-0.2, -0.15) is 11.3 Å². The van der Waals surface area contributed by atoms with Gasteiger partial charge in [0.05, 0.1) is 0 Å². The van der Waals surface area contributed by atoms with Crippen molar-refractivity contribution in [2.45, 2.75) is 44.2 Å². The number of aliphatic hydroxyl groups is 1. The highest BCUT2D eigenvalue weighted by Gasteiger charge is 2.14. The zero-order valence-corrected chi connectivity index (χ0v) is 14.2. The number of hydrogen-bond donors (Lipinski definition) is 2. The highest BCUT2D eigenvalue weighted by molar-refractivity contribution is 7.08. The summed E-state index contributed by atoms with van der Waals surface area (Å²) in [6, 6.07) is 10.7. The first-order valence-electron chi connectivity index (χ1n) is 8.48. The molecular weight excluding hydrogens is 306 g/mol. The highest BCUT2D eigenvalue weighted by Crippen LogP contribution is 2.24. The third-order valence-corrected chi connectivity index (χ3v) is 5.08. The van der Waals surface area contributed by atoms with E-state index in [0.717, 1.165) is 5.75 Å². The molecular formula is C19H25NO2S. The van der Waals surface area contributed by atoms with E-state index in [1.165, 1.54) is 43.2 Å². The molecule has 1 saturated carbocycles. The molecule has 23 heavy (non-hydrogen) atoms. The molecule has 0 saturated heterocycles. The molecule has 1 heterocycles. The van der Waals surface area contributed by atoms with Crippen molar-refractivity contribution in [3.8, 4) is 16.9 Å². The standard InChI is InChI=1S/C19H25NO2S/c21-18(12-20-17-4-2-1-3-5-17)13-22-19-8-6-15(7-9-19)16-10-11-23-14-16/h6-11,14,17-18,20-21H,1-5,12-13H2. The molecule has 3 rings (SSSR count). The second kappa shape index (κ2) is 8.48. The number of thiophene rings is 1. The minimum Gasteiger partial charge on any atom is -0.491 e. The number of aliphatic hydroxyl groups excluding tert-OH is 1. The zero-order valence-electron chi connectivity index (χ0n) is 13.4.